The maximum Gasteiger partial charge on any atom is 0.307 e. The first-order valence-corrected chi connectivity index (χ1v) is 48.4. The molecule has 2 aromatic carbocycles. The van der Waals surface area contributed by atoms with Crippen LogP contribution in [0.5, 0.6) is 23.0 Å². The Morgan fingerprint density at radius 1 is 0.602 bits per heavy atom. The van der Waals surface area contributed by atoms with Crippen LogP contribution in [0, 0.1) is 23.7 Å². The maximum absolute atomic E-state index is 14.8. The number of carbonyl (C=O) groups excluding carboxylic acids is 9. The number of nitrogens with zero attached hydrogens (tertiary/aromatic N) is 5. The van der Waals surface area contributed by atoms with E-state index < -0.39 is 170 Å². The Morgan fingerprint density at radius 3 is 1.38 bits per heavy atom. The zero-order chi connectivity index (χ0) is 93.5. The van der Waals surface area contributed by atoms with Gasteiger partial charge in [0.2, 0.25) is 43.7 Å². The number of nitrogens with one attached hydrogen (secondary N) is 4. The second-order valence-electron chi connectivity index (χ2n) is 37.6. The van der Waals surface area contributed by atoms with Crippen molar-refractivity contribution in [2.45, 2.75) is 271 Å². The third-order valence-corrected chi connectivity index (χ3v) is 31.8. The molecule has 8 heterocycles. The SMILES string of the molecule is COCCN(CCOC)S(F)(F)F.COc1ccc2nc(C(F)F)c3c(c2c1Cl)CC[C@]1(C[C@H]2C(=O)N[C@]4(C(=O)NS(=O)(=O)C5(C)CC5)C[C@H]4/C=C\CCCCC[C@H](CC(=O)OC(C)(C)C)C(=O)N2C1)O3.COc1ccc2nc(C=O)c3c(c2c1Cl)CC[C@]1(C[C@H]2C(=O)N[C@]4(C(=O)NS(=O)(=O)C5(C)CC5)C[C@H]4/C=C\CCCCC[C@H](CC(=O)OC(C)(C)C)C(=O)N2C1)O3. The first-order valence-electron chi connectivity index (χ1n) is 43.4. The Kier molecular flexibility index (Phi) is 29.7. The van der Waals surface area contributed by atoms with Crippen LogP contribution < -0.4 is 39.0 Å². The number of methoxy groups -OCH3 is 4. The number of alkyl halides is 2. The number of hydrogen-bond acceptors (Lipinski definition) is 24. The average Bonchev–Trinajstić information content (AvgIpc) is 0.906. The monoisotopic (exact) mass is 1900 g/mol. The molecule has 0 radical (unpaired) electrons. The Morgan fingerprint density at radius 2 is 1.01 bits per heavy atom. The molecule has 40 heteroatoms. The largest absolute Gasteiger partial charge is 0.495 e. The van der Waals surface area contributed by atoms with Gasteiger partial charge in [-0.2, -0.15) is 4.31 Å². The van der Waals surface area contributed by atoms with Crippen molar-refractivity contribution >= 4 is 130 Å². The molecule has 14 rings (SSSR count). The number of benzene rings is 2. The number of fused-ring (bicyclic) bond motifs is 10. The number of hydrogen-bond donors (Lipinski definition) is 4. The molecule has 6 aliphatic heterocycles. The number of aldehydes is 1. The first kappa shape index (κ1) is 98.8. The molecule has 4 aromatic rings. The van der Waals surface area contributed by atoms with Gasteiger partial charge < -0.3 is 58.3 Å². The van der Waals surface area contributed by atoms with E-state index >= 15 is 0 Å². The molecule has 128 heavy (non-hydrogen) atoms. The molecule has 4 saturated carbocycles. The van der Waals surface area contributed by atoms with Gasteiger partial charge >= 0.3 is 11.9 Å². The number of halogens is 7. The Balaban J connectivity index is 0.000000204. The molecule has 0 unspecified atom stereocenters. The lowest BCUT2D eigenvalue weighted by molar-refractivity contribution is -0.159. The van der Waals surface area contributed by atoms with Crippen LogP contribution in [-0.4, -0.2) is 217 Å². The second-order valence-corrected chi connectivity index (χ2v) is 44.1. The van der Waals surface area contributed by atoms with Crippen LogP contribution in [0.3, 0.4) is 0 Å². The molecule has 2 spiro atoms. The fourth-order valence-corrected chi connectivity index (χ4v) is 21.7. The maximum atomic E-state index is 14.8. The molecular weight excluding hydrogens is 1780 g/mol. The van der Waals surface area contributed by atoms with Crippen molar-refractivity contribution in [1.82, 2.24) is 44.2 Å². The molecule has 2 aromatic heterocycles. The molecule has 4 N–H and O–H groups in total. The molecule has 4 aliphatic carbocycles. The number of aryl methyl sites for hydroxylation is 2. The van der Waals surface area contributed by atoms with Gasteiger partial charge in [-0.05, 0) is 182 Å². The number of ether oxygens (including phenoxy) is 8. The van der Waals surface area contributed by atoms with Crippen molar-refractivity contribution in [3.63, 3.8) is 0 Å². The fourth-order valence-electron chi connectivity index (χ4n) is 17.9. The summed E-state index contributed by atoms with van der Waals surface area (Å²) in [4.78, 5) is 137. The minimum atomic E-state index is -5.14. The first-order chi connectivity index (χ1) is 60.1. The Bertz CT molecular complexity index is 5260. The Hall–Kier alpha value is -8.27. The van der Waals surface area contributed by atoms with Crippen molar-refractivity contribution in [2.24, 2.45) is 23.7 Å². The molecule has 6 fully saturated rings. The minimum absolute atomic E-state index is 0.0140. The van der Waals surface area contributed by atoms with E-state index in [9.17, 15) is 80.4 Å². The number of sulfonamides is 2. The lowest BCUT2D eigenvalue weighted by Gasteiger charge is -2.37. The fraction of sp³-hybridized carbons (Fsp3) is 0.648. The van der Waals surface area contributed by atoms with Gasteiger partial charge in [-0.1, -0.05) is 73.2 Å². The van der Waals surface area contributed by atoms with Crippen LogP contribution >= 0.6 is 34.6 Å². The summed E-state index contributed by atoms with van der Waals surface area (Å²) < 4.78 is 167. The van der Waals surface area contributed by atoms with Crippen LogP contribution in [0.1, 0.15) is 230 Å². The van der Waals surface area contributed by atoms with E-state index in [1.165, 1.54) is 38.2 Å². The van der Waals surface area contributed by atoms with Gasteiger partial charge in [0.05, 0.1) is 83.9 Å². The summed E-state index contributed by atoms with van der Waals surface area (Å²) in [5.74, 6) is -7.09. The van der Waals surface area contributed by atoms with Gasteiger partial charge in [0.25, 0.3) is 29.6 Å². The van der Waals surface area contributed by atoms with Crippen LogP contribution in [0.2, 0.25) is 10.0 Å². The lowest BCUT2D eigenvalue weighted by Crippen LogP contribution is -2.57. The van der Waals surface area contributed by atoms with E-state index in [2.05, 4.69) is 39.5 Å². The zero-order valence-corrected chi connectivity index (χ0v) is 78.1. The van der Waals surface area contributed by atoms with Gasteiger partial charge in [-0.15, -0.1) is 11.7 Å². The number of esters is 2. The highest BCUT2D eigenvalue weighted by atomic mass is 35.5. The van der Waals surface area contributed by atoms with E-state index in [0.29, 0.717) is 132 Å². The molecule has 0 bridgehead atoms. The summed E-state index contributed by atoms with van der Waals surface area (Å²) in [5.41, 5.74) is -6.13. The normalized spacial score (nSPS) is 27.4. The molecule has 30 nitrogen and oxygen atoms in total. The summed E-state index contributed by atoms with van der Waals surface area (Å²) in [7, 11) is -2.40. The summed E-state index contributed by atoms with van der Waals surface area (Å²) in [5, 5.41) is 7.21. The standard InChI is InChI=1S/C41H51ClF2N4O9S.C41H51ClN4O10S.C6H14F3NO2S/c1-38(2,3)56-29(49)19-23-11-9-7-6-8-10-12-24-20-41(24,37(52)47-58(53,54)39(4)17-18-39)46-35(50)27-21-40(22-48(27)36(23)51)16-15-25-30-26(13-14-28(55-5)31(30)42)45-32(34(43)44)33(25)57-40;1-38(2,3)55-31(48)19-24-11-9-7-6-8-10-12-25-20-41(25,37(51)45-57(52,53)39(4)17-18-39)44-35(49)29-21-40(23-46(29)36(24)50)16-15-26-32-27(13-14-30(54-5)33(32)42)43-28(22-47)34(26)56-40;1-11-5-3-10(4-6-12-2)13(7,8)9/h10,12-14,23-24,27,34H,6-9,11,15-22H2,1-5H3,(H,46,50)(H,47,52);10,12-14,22,24-25,29H,6-9,11,15-21,23H2,1-5H3,(H,44,49)(H,45,51);3-6H2,1-2H3/b2*12-10-;/t23-,24-,27+,40-,41-;24-,25-,29+,40-,41-;/m11./s1. The van der Waals surface area contributed by atoms with E-state index in [1.807, 2.05) is 24.3 Å². The van der Waals surface area contributed by atoms with Gasteiger partial charge in [0.1, 0.15) is 68.5 Å². The molecular formula is C88H116Cl2F5N9O21S3. The average molecular weight is 1900 g/mol. The van der Waals surface area contributed by atoms with Gasteiger partial charge in [0.15, 0.2) is 17.8 Å². The van der Waals surface area contributed by atoms with Gasteiger partial charge in [0, 0.05) is 85.7 Å². The number of carbonyl (C=O) groups is 9. The molecule has 6 amide bonds. The van der Waals surface area contributed by atoms with E-state index in [4.69, 9.17) is 51.6 Å². The number of allylic oxidation sites excluding steroid dienone is 2. The number of pyridine rings is 2. The molecule has 2 saturated heterocycles. The summed E-state index contributed by atoms with van der Waals surface area (Å²) in [6.45, 7) is 13.2. The van der Waals surface area contributed by atoms with Crippen molar-refractivity contribution in [1.29, 1.82) is 0 Å². The van der Waals surface area contributed by atoms with Crippen LogP contribution in [-0.2, 0) is 90.2 Å². The third-order valence-electron chi connectivity index (χ3n) is 25.8. The van der Waals surface area contributed by atoms with Gasteiger partial charge in [-0.3, -0.25) is 52.6 Å². The van der Waals surface area contributed by atoms with E-state index in [1.54, 1.807) is 79.7 Å². The molecule has 706 valence electrons. The van der Waals surface area contributed by atoms with Crippen LogP contribution in [0.25, 0.3) is 21.8 Å². The highest BCUT2D eigenvalue weighted by Crippen LogP contribution is 2.57. The third kappa shape index (κ3) is 21.7. The molecule has 10 atom stereocenters. The second kappa shape index (κ2) is 38.5. The van der Waals surface area contributed by atoms with Crippen molar-refractivity contribution < 1.29 is 118 Å². The van der Waals surface area contributed by atoms with Crippen molar-refractivity contribution in [3.05, 3.63) is 81.1 Å². The highest BCUT2D eigenvalue weighted by Gasteiger charge is 2.66. The van der Waals surface area contributed by atoms with E-state index in [0.717, 1.165) is 25.7 Å². The van der Waals surface area contributed by atoms with Crippen molar-refractivity contribution in [3.8, 4) is 23.0 Å². The van der Waals surface area contributed by atoms with Gasteiger partial charge in [-0.25, -0.2) is 35.6 Å². The summed E-state index contributed by atoms with van der Waals surface area (Å²) >= 11 is 8.37. The Labute approximate surface area is 754 Å². The predicted octanol–water partition coefficient (Wildman–Crippen LogP) is 13.3. The van der Waals surface area contributed by atoms with Crippen molar-refractivity contribution in [2.75, 3.05) is 67.8 Å². The minimum Gasteiger partial charge on any atom is -0.495 e. The highest BCUT2D eigenvalue weighted by molar-refractivity contribution is 8.18. The quantitative estimate of drug-likeness (QED) is 0.0260. The van der Waals surface area contributed by atoms with Crippen LogP contribution in [0.4, 0.5) is 20.4 Å². The topological polar surface area (TPSA) is 379 Å². The number of aromatic nitrogens is 2. The molecule has 10 aliphatic rings. The van der Waals surface area contributed by atoms with Crippen LogP contribution in [0.15, 0.2) is 48.6 Å². The summed E-state index contributed by atoms with van der Waals surface area (Å²) in [6, 6.07) is 4.01. The van der Waals surface area contributed by atoms with E-state index in [-0.39, 0.29) is 118 Å². The number of amides is 6. The summed E-state index contributed by atoms with van der Waals surface area (Å²) in [6.07, 6.45) is 13.8. The lowest BCUT2D eigenvalue weighted by atomic mass is 9.87. The number of rotatable bonds is 21. The predicted molar refractivity (Wildman–Crippen MR) is 467 cm³/mol. The smallest absolute Gasteiger partial charge is 0.307 e. The zero-order valence-electron chi connectivity index (χ0n) is 74.1.